The average molecular weight is 132 g/mol. The number of rotatable bonds is 0. The fraction of sp³-hybridized carbons (Fsp3) is 0. The molecule has 4 heavy (non-hydrogen) atoms. The van der Waals surface area contributed by atoms with Crippen molar-refractivity contribution in [3.8, 4) is 0 Å². The summed E-state index contributed by atoms with van der Waals surface area (Å²) in [7, 11) is 0. The summed E-state index contributed by atoms with van der Waals surface area (Å²) in [6.07, 6.45) is 0. The molecular weight excluding hydrogens is 128 g/mol. The van der Waals surface area contributed by atoms with E-state index < -0.39 is 0 Å². The van der Waals surface area contributed by atoms with Crippen LogP contribution in [-0.4, -0.2) is 29.8 Å². The molecule has 0 aromatic carbocycles. The maximum Gasteiger partial charge on any atom is 0 e. The second-order valence-electron chi connectivity index (χ2n) is 0. The van der Waals surface area contributed by atoms with E-state index in [-0.39, 0.29) is 62.5 Å². The first-order valence-electron chi connectivity index (χ1n) is 0. The van der Waals surface area contributed by atoms with E-state index in [9.17, 15) is 0 Å². The molecule has 0 saturated carbocycles. The fourth-order valence-electron chi connectivity index (χ4n) is 0. The summed E-state index contributed by atoms with van der Waals surface area (Å²) in [6, 6.07) is 0. The standard InChI is InChI=1S/Li.2H2O.Y/h;2*1H2;. The predicted molar refractivity (Wildman–Crippen MR) is 13.0 cm³/mol. The van der Waals surface area contributed by atoms with E-state index in [1.807, 2.05) is 0 Å². The molecule has 0 aliphatic carbocycles. The summed E-state index contributed by atoms with van der Waals surface area (Å²) < 4.78 is 0. The van der Waals surface area contributed by atoms with Gasteiger partial charge in [-0.15, -0.1) is 0 Å². The molecule has 0 aromatic rings. The van der Waals surface area contributed by atoms with E-state index in [0.29, 0.717) is 0 Å². The molecule has 0 rings (SSSR count). The SMILES string of the molecule is O.O.[Li].[Y]. The third kappa shape index (κ3) is 9.47. The Hall–Kier alpha value is 1.62. The Kier molecular flexibility index (Phi) is 263. The first-order chi connectivity index (χ1) is 0. The van der Waals surface area contributed by atoms with E-state index in [0.717, 1.165) is 0 Å². The third-order valence-electron chi connectivity index (χ3n) is 0. The van der Waals surface area contributed by atoms with Crippen molar-refractivity contribution in [1.82, 2.24) is 0 Å². The van der Waals surface area contributed by atoms with Crippen molar-refractivity contribution in [3.63, 3.8) is 0 Å². The number of hydrogen-bond acceptors (Lipinski definition) is 0. The largest absolute Gasteiger partial charge is 0.412 e. The minimum Gasteiger partial charge on any atom is -0.412 e. The Balaban J connectivity index is 0. The van der Waals surface area contributed by atoms with Crippen molar-refractivity contribution < 1.29 is 43.7 Å². The Bertz CT molecular complexity index is 6.00. The smallest absolute Gasteiger partial charge is 0 e. The number of hydrogen-bond donors (Lipinski definition) is 0. The van der Waals surface area contributed by atoms with Crippen LogP contribution in [0.15, 0.2) is 0 Å². The van der Waals surface area contributed by atoms with Gasteiger partial charge in [0.25, 0.3) is 0 Å². The molecule has 20 valence electrons. The van der Waals surface area contributed by atoms with Gasteiger partial charge in [0, 0.05) is 51.6 Å². The van der Waals surface area contributed by atoms with Gasteiger partial charge in [0.15, 0.2) is 0 Å². The zero-order chi connectivity index (χ0) is 0. The third-order valence-corrected chi connectivity index (χ3v) is 0. The normalized spacial score (nSPS) is 0. The van der Waals surface area contributed by atoms with Crippen LogP contribution in [0.1, 0.15) is 0 Å². The van der Waals surface area contributed by atoms with Crippen molar-refractivity contribution >= 4 is 18.9 Å². The molecule has 4 heteroatoms. The van der Waals surface area contributed by atoms with E-state index in [1.165, 1.54) is 0 Å². The molecule has 0 unspecified atom stereocenters. The van der Waals surface area contributed by atoms with Crippen molar-refractivity contribution in [3.05, 3.63) is 0 Å². The minimum atomic E-state index is 0. The fourth-order valence-corrected chi connectivity index (χ4v) is 0. The maximum absolute atomic E-state index is 0. The molecule has 0 saturated heterocycles. The van der Waals surface area contributed by atoms with E-state index >= 15 is 0 Å². The molecule has 0 fully saturated rings. The monoisotopic (exact) mass is 132 g/mol. The van der Waals surface area contributed by atoms with Crippen LogP contribution in [0.4, 0.5) is 0 Å². The predicted octanol–water partition coefficient (Wildman–Crippen LogP) is -2.03. The van der Waals surface area contributed by atoms with Gasteiger partial charge in [-0.25, -0.2) is 0 Å². The molecule has 0 bridgehead atoms. The Labute approximate surface area is 62.0 Å². The second kappa shape index (κ2) is 23.1. The van der Waals surface area contributed by atoms with Gasteiger partial charge in [-0.1, -0.05) is 0 Å². The topological polar surface area (TPSA) is 63.0 Å². The van der Waals surface area contributed by atoms with Gasteiger partial charge < -0.3 is 11.0 Å². The summed E-state index contributed by atoms with van der Waals surface area (Å²) >= 11 is 0. The van der Waals surface area contributed by atoms with Crippen LogP contribution in [0, 0.1) is 0 Å². The van der Waals surface area contributed by atoms with Crippen LogP contribution in [0.5, 0.6) is 0 Å². The minimum absolute atomic E-state index is 0. The second-order valence-corrected chi connectivity index (χ2v) is 0. The van der Waals surface area contributed by atoms with Crippen LogP contribution in [0.2, 0.25) is 0 Å². The van der Waals surface area contributed by atoms with Crippen LogP contribution in [-0.2, 0) is 32.7 Å². The zero-order valence-electron chi connectivity index (χ0n) is 2.58. The van der Waals surface area contributed by atoms with Gasteiger partial charge in [0.1, 0.15) is 0 Å². The summed E-state index contributed by atoms with van der Waals surface area (Å²) in [6.45, 7) is 0. The summed E-state index contributed by atoms with van der Waals surface area (Å²) in [5.41, 5.74) is 0. The van der Waals surface area contributed by atoms with Gasteiger partial charge in [-0.2, -0.15) is 0 Å². The molecule has 0 amide bonds. The van der Waals surface area contributed by atoms with Crippen LogP contribution in [0.25, 0.3) is 0 Å². The van der Waals surface area contributed by atoms with Gasteiger partial charge in [-0.3, -0.25) is 0 Å². The Morgan fingerprint density at radius 3 is 0.750 bits per heavy atom. The molecule has 2 nitrogen and oxygen atoms in total. The summed E-state index contributed by atoms with van der Waals surface area (Å²) in [4.78, 5) is 0. The molecule has 0 atom stereocenters. The summed E-state index contributed by atoms with van der Waals surface area (Å²) in [5.74, 6) is 0. The zero-order valence-corrected chi connectivity index (χ0v) is 5.42. The molecule has 4 N–H and O–H groups in total. The van der Waals surface area contributed by atoms with Gasteiger partial charge >= 0.3 is 0 Å². The molecule has 0 aliphatic rings. The maximum atomic E-state index is 0. The van der Waals surface area contributed by atoms with Crippen molar-refractivity contribution in [2.24, 2.45) is 0 Å². The molecule has 0 aromatic heterocycles. The van der Waals surface area contributed by atoms with E-state index in [4.69, 9.17) is 0 Å². The van der Waals surface area contributed by atoms with E-state index in [2.05, 4.69) is 0 Å². The van der Waals surface area contributed by atoms with Gasteiger partial charge in [0.2, 0.25) is 0 Å². The van der Waals surface area contributed by atoms with Crippen LogP contribution >= 0.6 is 0 Å². The Morgan fingerprint density at radius 1 is 0.750 bits per heavy atom. The van der Waals surface area contributed by atoms with Gasteiger partial charge in [0.05, 0.1) is 0 Å². The molecule has 0 heterocycles. The average Bonchev–Trinajstić information content (AvgIpc) is 0. The first-order valence-corrected chi connectivity index (χ1v) is 0. The van der Waals surface area contributed by atoms with Crippen molar-refractivity contribution in [1.29, 1.82) is 0 Å². The molecular formula is H4LiO2Y. The van der Waals surface area contributed by atoms with Crippen LogP contribution in [0.3, 0.4) is 0 Å². The molecule has 0 aliphatic heterocycles. The first kappa shape index (κ1) is 45.7. The molecule has 2 radical (unpaired) electrons. The van der Waals surface area contributed by atoms with Crippen molar-refractivity contribution in [2.75, 3.05) is 0 Å². The van der Waals surface area contributed by atoms with E-state index in [1.54, 1.807) is 0 Å². The summed E-state index contributed by atoms with van der Waals surface area (Å²) in [5, 5.41) is 0. The van der Waals surface area contributed by atoms with Crippen molar-refractivity contribution in [2.45, 2.75) is 0 Å². The molecule has 0 spiro atoms. The van der Waals surface area contributed by atoms with Gasteiger partial charge in [-0.05, 0) is 0 Å². The van der Waals surface area contributed by atoms with Crippen LogP contribution < -0.4 is 0 Å². The Morgan fingerprint density at radius 2 is 0.750 bits per heavy atom. The quantitative estimate of drug-likeness (QED) is 0.341.